The van der Waals surface area contributed by atoms with Crippen molar-refractivity contribution in [3.05, 3.63) is 17.5 Å². The largest absolute Gasteiger partial charge is 0.465 e. The maximum Gasteiger partial charge on any atom is 0.341 e. The van der Waals surface area contributed by atoms with Crippen LogP contribution in [0.2, 0.25) is 0 Å². The van der Waals surface area contributed by atoms with Crippen LogP contribution < -0.4 is 5.32 Å². The van der Waals surface area contributed by atoms with Gasteiger partial charge in [0.25, 0.3) is 0 Å². The average Bonchev–Trinajstić information content (AvgIpc) is 2.85. The summed E-state index contributed by atoms with van der Waals surface area (Å²) in [5.74, 6) is 0.0663. The Labute approximate surface area is 88.4 Å². The number of esters is 1. The summed E-state index contributed by atoms with van der Waals surface area (Å²) < 4.78 is 6.50. The van der Waals surface area contributed by atoms with E-state index in [2.05, 4.69) is 10.4 Å². The molecule has 1 aliphatic rings. The van der Waals surface area contributed by atoms with Crippen molar-refractivity contribution in [2.75, 3.05) is 20.2 Å². The van der Waals surface area contributed by atoms with E-state index in [-0.39, 0.29) is 5.97 Å². The lowest BCUT2D eigenvalue weighted by Crippen LogP contribution is -2.14. The fourth-order valence-corrected chi connectivity index (χ4v) is 2.09. The molecule has 1 aliphatic heterocycles. The van der Waals surface area contributed by atoms with Crippen molar-refractivity contribution in [3.63, 3.8) is 0 Å². The van der Waals surface area contributed by atoms with Gasteiger partial charge in [0, 0.05) is 19.5 Å². The lowest BCUT2D eigenvalue weighted by atomic mass is 10.0. The number of aromatic nitrogens is 2. The van der Waals surface area contributed by atoms with Gasteiger partial charge in [-0.15, -0.1) is 0 Å². The lowest BCUT2D eigenvalue weighted by Gasteiger charge is -2.10. The summed E-state index contributed by atoms with van der Waals surface area (Å²) in [5, 5.41) is 7.40. The van der Waals surface area contributed by atoms with E-state index in [0.29, 0.717) is 11.5 Å². The van der Waals surface area contributed by atoms with Gasteiger partial charge in [-0.1, -0.05) is 0 Å². The molecule has 0 aromatic carbocycles. The molecule has 0 radical (unpaired) electrons. The Morgan fingerprint density at radius 2 is 2.53 bits per heavy atom. The van der Waals surface area contributed by atoms with Gasteiger partial charge in [0.2, 0.25) is 0 Å². The Morgan fingerprint density at radius 1 is 1.73 bits per heavy atom. The number of rotatable bonds is 2. The first kappa shape index (κ1) is 10.2. The number of nitrogens with zero attached hydrogens (tertiary/aromatic N) is 2. The van der Waals surface area contributed by atoms with Crippen molar-refractivity contribution in [3.8, 4) is 0 Å². The molecule has 0 saturated carbocycles. The molecule has 1 unspecified atom stereocenters. The van der Waals surface area contributed by atoms with Crippen molar-refractivity contribution in [1.82, 2.24) is 15.1 Å². The molecule has 1 atom stereocenters. The predicted octanol–water partition coefficient (Wildman–Crippen LogP) is 0.284. The highest BCUT2D eigenvalue weighted by molar-refractivity contribution is 5.90. The number of methoxy groups -OCH3 is 1. The highest BCUT2D eigenvalue weighted by Crippen LogP contribution is 2.25. The monoisotopic (exact) mass is 209 g/mol. The van der Waals surface area contributed by atoms with E-state index < -0.39 is 0 Å². The van der Waals surface area contributed by atoms with Gasteiger partial charge in [0.15, 0.2) is 0 Å². The molecular formula is C10H15N3O2. The fraction of sp³-hybridized carbons (Fsp3) is 0.600. The summed E-state index contributed by atoms with van der Waals surface area (Å²) in [6, 6.07) is 0. The number of carbonyl (C=O) groups is 1. The Kier molecular flexibility index (Phi) is 2.73. The summed E-state index contributed by atoms with van der Waals surface area (Å²) >= 11 is 0. The van der Waals surface area contributed by atoms with Gasteiger partial charge < -0.3 is 10.1 Å². The molecule has 82 valence electrons. The van der Waals surface area contributed by atoms with Crippen LogP contribution in [0.1, 0.15) is 28.4 Å². The third kappa shape index (κ3) is 1.74. The van der Waals surface area contributed by atoms with Gasteiger partial charge in [-0.05, 0) is 13.0 Å². The maximum absolute atomic E-state index is 11.5. The average molecular weight is 209 g/mol. The molecule has 2 rings (SSSR count). The maximum atomic E-state index is 11.5. The molecule has 15 heavy (non-hydrogen) atoms. The fourth-order valence-electron chi connectivity index (χ4n) is 2.09. The SMILES string of the molecule is COC(=O)c1cnn(C)c1C1CCNC1. The molecular weight excluding hydrogens is 194 g/mol. The Balaban J connectivity index is 2.35. The van der Waals surface area contributed by atoms with Crippen molar-refractivity contribution in [2.45, 2.75) is 12.3 Å². The van der Waals surface area contributed by atoms with E-state index in [1.54, 1.807) is 10.9 Å². The highest BCUT2D eigenvalue weighted by atomic mass is 16.5. The molecule has 5 heteroatoms. The smallest absolute Gasteiger partial charge is 0.341 e. The Morgan fingerprint density at radius 3 is 3.13 bits per heavy atom. The number of aryl methyl sites for hydroxylation is 1. The summed E-state index contributed by atoms with van der Waals surface area (Å²) in [5.41, 5.74) is 1.57. The first-order chi connectivity index (χ1) is 7.24. The molecule has 0 aliphatic carbocycles. The molecule has 5 nitrogen and oxygen atoms in total. The summed E-state index contributed by atoms with van der Waals surface area (Å²) in [4.78, 5) is 11.5. The molecule has 0 amide bonds. The van der Waals surface area contributed by atoms with E-state index in [0.717, 1.165) is 25.2 Å². The van der Waals surface area contributed by atoms with E-state index in [1.807, 2.05) is 7.05 Å². The van der Waals surface area contributed by atoms with E-state index in [9.17, 15) is 4.79 Å². The van der Waals surface area contributed by atoms with Crippen LogP contribution in [-0.4, -0.2) is 35.9 Å². The van der Waals surface area contributed by atoms with Crippen molar-refractivity contribution in [1.29, 1.82) is 0 Å². The quantitative estimate of drug-likeness (QED) is 0.711. The van der Waals surface area contributed by atoms with Crippen LogP contribution in [0.15, 0.2) is 6.20 Å². The van der Waals surface area contributed by atoms with E-state index in [4.69, 9.17) is 4.74 Å². The summed E-state index contributed by atoms with van der Waals surface area (Å²) in [7, 11) is 3.26. The minimum absolute atomic E-state index is 0.301. The number of ether oxygens (including phenoxy) is 1. The summed E-state index contributed by atoms with van der Waals surface area (Å²) in [6.45, 7) is 1.90. The normalized spacial score (nSPS) is 20.5. The zero-order valence-electron chi connectivity index (χ0n) is 8.99. The van der Waals surface area contributed by atoms with Crippen LogP contribution >= 0.6 is 0 Å². The van der Waals surface area contributed by atoms with Crippen LogP contribution in [-0.2, 0) is 11.8 Å². The highest BCUT2D eigenvalue weighted by Gasteiger charge is 2.26. The first-order valence-corrected chi connectivity index (χ1v) is 5.05. The molecule has 2 heterocycles. The van der Waals surface area contributed by atoms with Gasteiger partial charge in [-0.25, -0.2) is 4.79 Å². The third-order valence-corrected chi connectivity index (χ3v) is 2.84. The zero-order valence-corrected chi connectivity index (χ0v) is 8.99. The van der Waals surface area contributed by atoms with Gasteiger partial charge >= 0.3 is 5.97 Å². The van der Waals surface area contributed by atoms with Crippen LogP contribution in [0.4, 0.5) is 0 Å². The van der Waals surface area contributed by atoms with Crippen LogP contribution in [0.5, 0.6) is 0 Å². The second-order valence-corrected chi connectivity index (χ2v) is 3.75. The van der Waals surface area contributed by atoms with Crippen molar-refractivity contribution < 1.29 is 9.53 Å². The molecule has 1 saturated heterocycles. The molecule has 1 aromatic rings. The van der Waals surface area contributed by atoms with Gasteiger partial charge in [0.1, 0.15) is 5.56 Å². The second-order valence-electron chi connectivity index (χ2n) is 3.75. The number of carbonyl (C=O) groups excluding carboxylic acids is 1. The molecule has 1 fully saturated rings. The topological polar surface area (TPSA) is 56.1 Å². The summed E-state index contributed by atoms with van der Waals surface area (Å²) in [6.07, 6.45) is 2.63. The predicted molar refractivity (Wildman–Crippen MR) is 54.8 cm³/mol. The minimum atomic E-state index is -0.301. The second kappa shape index (κ2) is 4.02. The lowest BCUT2D eigenvalue weighted by molar-refractivity contribution is 0.0599. The van der Waals surface area contributed by atoms with Gasteiger partial charge in [-0.3, -0.25) is 4.68 Å². The Bertz CT molecular complexity index is 367. The molecule has 1 aromatic heterocycles. The number of hydrogen-bond donors (Lipinski definition) is 1. The molecule has 1 N–H and O–H groups in total. The zero-order chi connectivity index (χ0) is 10.8. The third-order valence-electron chi connectivity index (χ3n) is 2.84. The van der Waals surface area contributed by atoms with Crippen LogP contribution in [0.3, 0.4) is 0 Å². The van der Waals surface area contributed by atoms with Crippen molar-refractivity contribution >= 4 is 5.97 Å². The van der Waals surface area contributed by atoms with Crippen molar-refractivity contribution in [2.24, 2.45) is 7.05 Å². The minimum Gasteiger partial charge on any atom is -0.465 e. The van der Waals surface area contributed by atoms with E-state index in [1.165, 1.54) is 7.11 Å². The number of nitrogens with one attached hydrogen (secondary N) is 1. The Hall–Kier alpha value is -1.36. The molecule has 0 spiro atoms. The van der Waals surface area contributed by atoms with Crippen LogP contribution in [0.25, 0.3) is 0 Å². The molecule has 0 bridgehead atoms. The van der Waals surface area contributed by atoms with E-state index >= 15 is 0 Å². The van der Waals surface area contributed by atoms with Gasteiger partial charge in [-0.2, -0.15) is 5.10 Å². The van der Waals surface area contributed by atoms with Gasteiger partial charge in [0.05, 0.1) is 19.0 Å². The standard InChI is InChI=1S/C10H15N3O2/c1-13-9(7-3-4-11-5-7)8(6-12-13)10(14)15-2/h6-7,11H,3-5H2,1-2H3. The number of hydrogen-bond acceptors (Lipinski definition) is 4. The first-order valence-electron chi connectivity index (χ1n) is 5.05. The van der Waals surface area contributed by atoms with Crippen LogP contribution in [0, 0.1) is 0 Å².